The van der Waals surface area contributed by atoms with Gasteiger partial charge in [0.15, 0.2) is 0 Å². The Hall–Kier alpha value is -1.40. The van der Waals surface area contributed by atoms with Gasteiger partial charge >= 0.3 is 0 Å². The summed E-state index contributed by atoms with van der Waals surface area (Å²) in [7, 11) is 0. The van der Waals surface area contributed by atoms with Crippen LogP contribution in [0.3, 0.4) is 0 Å². The highest BCUT2D eigenvalue weighted by atomic mass is 32.2. The monoisotopic (exact) mass is 378 g/mol. The molecular weight excluding hydrogens is 352 g/mol. The van der Waals surface area contributed by atoms with Crippen molar-refractivity contribution in [3.05, 3.63) is 29.3 Å². The van der Waals surface area contributed by atoms with E-state index in [0.29, 0.717) is 17.3 Å². The maximum atomic E-state index is 12.1. The van der Waals surface area contributed by atoms with Crippen LogP contribution in [0.5, 0.6) is 0 Å². The molecular formula is C19H26N2O2S2. The lowest BCUT2D eigenvalue weighted by atomic mass is 10.1. The van der Waals surface area contributed by atoms with Gasteiger partial charge in [-0.1, -0.05) is 55.0 Å². The highest BCUT2D eigenvalue weighted by Crippen LogP contribution is 2.29. The molecule has 0 saturated carbocycles. The number of nitrogens with one attached hydrogen (secondary N) is 1. The summed E-state index contributed by atoms with van der Waals surface area (Å²) >= 11 is 6.78. The van der Waals surface area contributed by atoms with E-state index < -0.39 is 0 Å². The van der Waals surface area contributed by atoms with E-state index in [4.69, 9.17) is 12.2 Å². The summed E-state index contributed by atoms with van der Waals surface area (Å²) in [5, 5.41) is 2.97. The van der Waals surface area contributed by atoms with Crippen LogP contribution in [0.25, 0.3) is 0 Å². The fraction of sp³-hybridized carbons (Fsp3) is 0.526. The summed E-state index contributed by atoms with van der Waals surface area (Å²) in [6.45, 7) is 6.71. The highest BCUT2D eigenvalue weighted by Gasteiger charge is 2.34. The van der Waals surface area contributed by atoms with Gasteiger partial charge < -0.3 is 5.32 Å². The molecule has 1 aliphatic rings. The van der Waals surface area contributed by atoms with Crippen LogP contribution in [-0.2, 0) is 9.59 Å². The van der Waals surface area contributed by atoms with Gasteiger partial charge in [0.2, 0.25) is 11.8 Å². The molecule has 1 aliphatic heterocycles. The first-order valence-corrected chi connectivity index (χ1v) is 10.1. The summed E-state index contributed by atoms with van der Waals surface area (Å²) in [6.07, 6.45) is 3.92. The molecule has 136 valence electrons. The van der Waals surface area contributed by atoms with E-state index in [1.54, 1.807) is 4.90 Å². The number of hydrogen-bond donors (Lipinski definition) is 1. The molecule has 0 aliphatic carbocycles. The molecule has 0 radical (unpaired) electrons. The molecule has 1 aromatic carbocycles. The van der Waals surface area contributed by atoms with Gasteiger partial charge in [0, 0.05) is 18.7 Å². The fourth-order valence-electron chi connectivity index (χ4n) is 2.86. The van der Waals surface area contributed by atoms with E-state index in [2.05, 4.69) is 11.4 Å². The first-order valence-electron chi connectivity index (χ1n) is 8.81. The van der Waals surface area contributed by atoms with Crippen LogP contribution >= 0.6 is 24.0 Å². The number of aryl methyl sites for hydroxylation is 2. The lowest BCUT2D eigenvalue weighted by molar-refractivity contribution is -0.126. The third-order valence-electron chi connectivity index (χ3n) is 4.32. The number of nitrogens with zero attached hydrogens (tertiary/aromatic N) is 1. The van der Waals surface area contributed by atoms with Crippen molar-refractivity contribution in [2.75, 3.05) is 11.9 Å². The average molecular weight is 379 g/mol. The second kappa shape index (κ2) is 9.34. The molecule has 0 bridgehead atoms. The van der Waals surface area contributed by atoms with Crippen LogP contribution in [-0.4, -0.2) is 32.8 Å². The minimum atomic E-state index is -0.00368. The number of carbonyl (C=O) groups excluding carboxylic acids is 2. The highest BCUT2D eigenvalue weighted by molar-refractivity contribution is 8.24. The van der Waals surface area contributed by atoms with Gasteiger partial charge in [-0.15, -0.1) is 0 Å². The minimum absolute atomic E-state index is 0.00368. The third-order valence-corrected chi connectivity index (χ3v) is 6.07. The molecule has 0 aromatic heterocycles. The van der Waals surface area contributed by atoms with Crippen molar-refractivity contribution in [1.82, 2.24) is 4.90 Å². The van der Waals surface area contributed by atoms with Gasteiger partial charge in [-0.05, 0) is 44.7 Å². The Morgan fingerprint density at radius 1 is 1.28 bits per heavy atom. The van der Waals surface area contributed by atoms with Crippen LogP contribution in [0, 0.1) is 13.8 Å². The maximum absolute atomic E-state index is 12.1. The Labute approximate surface area is 159 Å². The largest absolute Gasteiger partial charge is 0.326 e. The number of rotatable bonds is 8. The number of thiocarbonyl (C=S) groups is 1. The second-order valence-corrected chi connectivity index (χ2v) is 8.28. The topological polar surface area (TPSA) is 49.4 Å². The zero-order chi connectivity index (χ0) is 18.4. The summed E-state index contributed by atoms with van der Waals surface area (Å²) in [5.74, 6) is 0.186. The molecule has 25 heavy (non-hydrogen) atoms. The number of unbranched alkanes of at least 4 members (excludes halogenated alkanes) is 2. The van der Waals surface area contributed by atoms with E-state index in [1.807, 2.05) is 32.9 Å². The Kier molecular flexibility index (Phi) is 7.44. The quantitative estimate of drug-likeness (QED) is 0.537. The summed E-state index contributed by atoms with van der Waals surface area (Å²) < 4.78 is 0.699. The van der Waals surface area contributed by atoms with E-state index in [9.17, 15) is 9.59 Å². The minimum Gasteiger partial charge on any atom is -0.326 e. The van der Waals surface area contributed by atoms with Crippen LogP contribution in [0.4, 0.5) is 5.69 Å². The second-order valence-electron chi connectivity index (χ2n) is 6.45. The number of amides is 2. The van der Waals surface area contributed by atoms with Crippen molar-refractivity contribution in [2.24, 2.45) is 0 Å². The van der Waals surface area contributed by atoms with Crippen molar-refractivity contribution in [2.45, 2.75) is 58.1 Å². The van der Waals surface area contributed by atoms with Crippen molar-refractivity contribution in [3.63, 3.8) is 0 Å². The standard InChI is InChI=1S/C19H26N2O2S2/c1-4-16-18(23)21(19(24)25-16)11-7-5-6-8-17(22)20-15-10-9-13(2)12-14(15)3/h9-10,12,16H,4-8,11H2,1-3H3,(H,20,22). The van der Waals surface area contributed by atoms with Crippen molar-refractivity contribution in [3.8, 4) is 0 Å². The first kappa shape index (κ1) is 19.9. The summed E-state index contributed by atoms with van der Waals surface area (Å²) in [6, 6.07) is 6.01. The molecule has 4 nitrogen and oxygen atoms in total. The zero-order valence-corrected chi connectivity index (χ0v) is 16.8. The van der Waals surface area contributed by atoms with Crippen molar-refractivity contribution < 1.29 is 9.59 Å². The normalized spacial score (nSPS) is 17.2. The van der Waals surface area contributed by atoms with Gasteiger partial charge in [-0.2, -0.15) is 0 Å². The zero-order valence-electron chi connectivity index (χ0n) is 15.1. The van der Waals surface area contributed by atoms with Gasteiger partial charge in [0.25, 0.3) is 0 Å². The van der Waals surface area contributed by atoms with Crippen molar-refractivity contribution in [1.29, 1.82) is 0 Å². The predicted octanol–water partition coefficient (Wildman–Crippen LogP) is 4.44. The Bertz CT molecular complexity index is 661. The molecule has 1 saturated heterocycles. The number of thioether (sulfide) groups is 1. The Morgan fingerprint density at radius 2 is 2.04 bits per heavy atom. The lowest BCUT2D eigenvalue weighted by Crippen LogP contribution is -2.32. The molecule has 1 aromatic rings. The van der Waals surface area contributed by atoms with Crippen LogP contribution < -0.4 is 5.32 Å². The molecule has 0 spiro atoms. The van der Waals surface area contributed by atoms with E-state index in [1.165, 1.54) is 17.3 Å². The van der Waals surface area contributed by atoms with Gasteiger partial charge in [0.1, 0.15) is 4.32 Å². The number of carbonyl (C=O) groups is 2. The van der Waals surface area contributed by atoms with Gasteiger partial charge in [-0.3, -0.25) is 14.5 Å². The molecule has 2 rings (SSSR count). The molecule has 1 N–H and O–H groups in total. The Morgan fingerprint density at radius 3 is 2.68 bits per heavy atom. The first-order chi connectivity index (χ1) is 11.9. The average Bonchev–Trinajstić information content (AvgIpc) is 2.84. The maximum Gasteiger partial charge on any atom is 0.241 e. The van der Waals surface area contributed by atoms with Crippen LogP contribution in [0.15, 0.2) is 18.2 Å². The third kappa shape index (κ3) is 5.54. The van der Waals surface area contributed by atoms with E-state index >= 15 is 0 Å². The molecule has 1 atom stereocenters. The van der Waals surface area contributed by atoms with Crippen molar-refractivity contribution >= 4 is 45.8 Å². The van der Waals surface area contributed by atoms with E-state index in [-0.39, 0.29) is 17.1 Å². The Balaban J connectivity index is 1.67. The van der Waals surface area contributed by atoms with Crippen LogP contribution in [0.1, 0.15) is 50.2 Å². The van der Waals surface area contributed by atoms with Gasteiger partial charge in [0.05, 0.1) is 5.25 Å². The predicted molar refractivity (Wildman–Crippen MR) is 109 cm³/mol. The molecule has 1 fully saturated rings. The SMILES string of the molecule is CCC1SC(=S)N(CCCCCC(=O)Nc2ccc(C)cc2C)C1=O. The van der Waals surface area contributed by atoms with Crippen LogP contribution in [0.2, 0.25) is 0 Å². The van der Waals surface area contributed by atoms with E-state index in [0.717, 1.165) is 36.9 Å². The number of hydrogen-bond acceptors (Lipinski definition) is 4. The lowest BCUT2D eigenvalue weighted by Gasteiger charge is -2.15. The number of benzene rings is 1. The smallest absolute Gasteiger partial charge is 0.241 e. The molecule has 2 amide bonds. The summed E-state index contributed by atoms with van der Waals surface area (Å²) in [5.41, 5.74) is 3.15. The number of anilines is 1. The molecule has 6 heteroatoms. The molecule has 1 unspecified atom stereocenters. The fourth-order valence-corrected chi connectivity index (χ4v) is 4.33. The van der Waals surface area contributed by atoms with Gasteiger partial charge in [-0.25, -0.2) is 0 Å². The summed E-state index contributed by atoms with van der Waals surface area (Å²) in [4.78, 5) is 25.9. The molecule has 1 heterocycles.